The Labute approximate surface area is 239 Å². The zero-order valence-corrected chi connectivity index (χ0v) is 23.2. The Morgan fingerprint density at radius 1 is 0.878 bits per heavy atom. The molecule has 5 aromatic rings. The molecule has 0 aliphatic heterocycles. The van der Waals surface area contributed by atoms with Gasteiger partial charge in [-0.3, -0.25) is 4.79 Å². The number of methoxy groups -OCH3 is 1. The molecule has 1 aromatic heterocycles. The van der Waals surface area contributed by atoms with Crippen LogP contribution in [0.1, 0.15) is 19.8 Å². The molecule has 0 fully saturated rings. The van der Waals surface area contributed by atoms with Crippen LogP contribution < -0.4 is 15.4 Å². The summed E-state index contributed by atoms with van der Waals surface area (Å²) >= 11 is 0. The van der Waals surface area contributed by atoms with Crippen molar-refractivity contribution in [3.8, 4) is 22.7 Å². The first-order valence-corrected chi connectivity index (χ1v) is 13.7. The van der Waals surface area contributed by atoms with Crippen LogP contribution in [0.3, 0.4) is 0 Å². The Bertz CT molecular complexity index is 1630. The molecule has 0 saturated heterocycles. The van der Waals surface area contributed by atoms with E-state index in [2.05, 4.69) is 17.6 Å². The third-order valence-electron chi connectivity index (χ3n) is 6.80. The monoisotopic (exact) mass is 547 g/mol. The molecule has 0 unspecified atom stereocenters. The summed E-state index contributed by atoms with van der Waals surface area (Å²) in [6.45, 7) is 2.40. The van der Waals surface area contributed by atoms with Crippen LogP contribution in [-0.2, 0) is 4.79 Å². The van der Waals surface area contributed by atoms with E-state index in [1.165, 1.54) is 0 Å². The lowest BCUT2D eigenvalue weighted by Crippen LogP contribution is -2.41. The number of carbonyl (C=O) groups is 2. The summed E-state index contributed by atoms with van der Waals surface area (Å²) in [5, 5.41) is 12.8. The van der Waals surface area contributed by atoms with E-state index < -0.39 is 0 Å². The number of hydrogen-bond acceptors (Lipinski definition) is 4. The summed E-state index contributed by atoms with van der Waals surface area (Å²) < 4.78 is 6.98. The number of rotatable bonds is 10. The molecule has 208 valence electrons. The first kappa shape index (κ1) is 27.5. The van der Waals surface area contributed by atoms with E-state index in [-0.39, 0.29) is 18.5 Å². The highest BCUT2D eigenvalue weighted by molar-refractivity contribution is 6.03. The molecule has 0 atom stereocenters. The molecule has 4 aromatic carbocycles. The van der Waals surface area contributed by atoms with Crippen LogP contribution in [0.2, 0.25) is 0 Å². The predicted octanol–water partition coefficient (Wildman–Crippen LogP) is 6.97. The number of aromatic nitrogens is 2. The minimum Gasteiger partial charge on any atom is -0.497 e. The van der Waals surface area contributed by atoms with Gasteiger partial charge in [0.2, 0.25) is 5.91 Å². The maximum absolute atomic E-state index is 13.4. The third kappa shape index (κ3) is 6.55. The molecule has 8 heteroatoms. The molecule has 5 rings (SSSR count). The van der Waals surface area contributed by atoms with Crippen molar-refractivity contribution in [3.63, 3.8) is 0 Å². The molecule has 41 heavy (non-hydrogen) atoms. The van der Waals surface area contributed by atoms with Gasteiger partial charge in [0.15, 0.2) is 0 Å². The molecule has 2 N–H and O–H groups in total. The molecular weight excluding hydrogens is 514 g/mol. The van der Waals surface area contributed by atoms with Crippen LogP contribution in [0.4, 0.5) is 16.3 Å². The lowest BCUT2D eigenvalue weighted by atomic mass is 10.1. The molecule has 0 aliphatic carbocycles. The molecule has 0 spiro atoms. The zero-order chi connectivity index (χ0) is 28.6. The summed E-state index contributed by atoms with van der Waals surface area (Å²) in [5.41, 5.74) is 3.11. The number of nitrogens with zero attached hydrogens (tertiary/aromatic N) is 3. The number of urea groups is 1. The van der Waals surface area contributed by atoms with E-state index in [1.54, 1.807) is 16.7 Å². The molecule has 8 nitrogen and oxygen atoms in total. The Morgan fingerprint density at radius 2 is 1.61 bits per heavy atom. The van der Waals surface area contributed by atoms with Crippen molar-refractivity contribution in [1.82, 2.24) is 14.7 Å². The molecule has 0 bridgehead atoms. The Hall–Kier alpha value is -5.11. The van der Waals surface area contributed by atoms with Gasteiger partial charge in [-0.1, -0.05) is 80.1 Å². The van der Waals surface area contributed by atoms with Gasteiger partial charge in [-0.2, -0.15) is 5.10 Å². The maximum Gasteiger partial charge on any atom is 0.322 e. The van der Waals surface area contributed by atoms with Gasteiger partial charge >= 0.3 is 6.03 Å². The summed E-state index contributed by atoms with van der Waals surface area (Å²) in [7, 11) is 1.61. The van der Waals surface area contributed by atoms with E-state index in [0.29, 0.717) is 23.7 Å². The average molecular weight is 548 g/mol. The average Bonchev–Trinajstić information content (AvgIpc) is 3.43. The molecule has 0 aliphatic rings. The van der Waals surface area contributed by atoms with Crippen LogP contribution in [0.5, 0.6) is 5.75 Å². The van der Waals surface area contributed by atoms with Gasteiger partial charge in [0.25, 0.3) is 0 Å². The number of anilines is 2. The number of nitrogens with one attached hydrogen (secondary N) is 2. The van der Waals surface area contributed by atoms with Crippen molar-refractivity contribution >= 4 is 34.2 Å². The summed E-state index contributed by atoms with van der Waals surface area (Å²) in [5.74, 6) is 0.908. The first-order chi connectivity index (χ1) is 20.1. The number of unbranched alkanes of at least 4 members (excludes halogenated alkanes) is 1. The fourth-order valence-corrected chi connectivity index (χ4v) is 4.63. The van der Waals surface area contributed by atoms with Crippen molar-refractivity contribution in [1.29, 1.82) is 0 Å². The quantitative estimate of drug-likeness (QED) is 0.198. The van der Waals surface area contributed by atoms with Gasteiger partial charge < -0.3 is 20.3 Å². The standard InChI is InChI=1S/C33H33N5O3/c1-3-4-21-37(33(40)34-29-16-10-14-24-11-8-9-15-28(24)29)23-32(39)35-31-22-30(25-12-6-5-7-13-25)36-38(31)26-17-19-27(41-2)20-18-26/h5-20,22H,3-4,21,23H2,1-2H3,(H,34,40)(H,35,39). The molecule has 0 radical (unpaired) electrons. The van der Waals surface area contributed by atoms with Gasteiger partial charge in [0.05, 0.1) is 24.2 Å². The summed E-state index contributed by atoms with van der Waals surface area (Å²) in [4.78, 5) is 28.3. The fourth-order valence-electron chi connectivity index (χ4n) is 4.63. The fraction of sp³-hybridized carbons (Fsp3) is 0.182. The van der Waals surface area contributed by atoms with E-state index in [0.717, 1.165) is 40.6 Å². The van der Waals surface area contributed by atoms with Gasteiger partial charge in [0.1, 0.15) is 18.1 Å². The van der Waals surface area contributed by atoms with Crippen molar-refractivity contribution < 1.29 is 14.3 Å². The van der Waals surface area contributed by atoms with E-state index in [9.17, 15) is 9.59 Å². The number of fused-ring (bicyclic) bond motifs is 1. The molecule has 1 heterocycles. The lowest BCUT2D eigenvalue weighted by Gasteiger charge is -2.23. The summed E-state index contributed by atoms with van der Waals surface area (Å²) in [6, 6.07) is 32.4. The highest BCUT2D eigenvalue weighted by Gasteiger charge is 2.20. The predicted molar refractivity (Wildman–Crippen MR) is 164 cm³/mol. The van der Waals surface area contributed by atoms with Gasteiger partial charge in [0, 0.05) is 23.6 Å². The summed E-state index contributed by atoms with van der Waals surface area (Å²) in [6.07, 6.45) is 1.67. The minimum absolute atomic E-state index is 0.106. The number of ether oxygens (including phenoxy) is 1. The van der Waals surface area contributed by atoms with E-state index in [4.69, 9.17) is 9.84 Å². The second-order valence-electron chi connectivity index (χ2n) is 9.67. The van der Waals surface area contributed by atoms with Crippen molar-refractivity contribution in [3.05, 3.63) is 103 Å². The van der Waals surface area contributed by atoms with Crippen LogP contribution in [0, 0.1) is 0 Å². The number of benzene rings is 4. The number of carbonyl (C=O) groups excluding carboxylic acids is 2. The minimum atomic E-state index is -0.321. The Morgan fingerprint density at radius 3 is 2.37 bits per heavy atom. The topological polar surface area (TPSA) is 88.5 Å². The van der Waals surface area contributed by atoms with Crippen molar-refractivity contribution in [2.75, 3.05) is 30.8 Å². The molecule has 3 amide bonds. The van der Waals surface area contributed by atoms with Crippen molar-refractivity contribution in [2.24, 2.45) is 0 Å². The van der Waals surface area contributed by atoms with Crippen molar-refractivity contribution in [2.45, 2.75) is 19.8 Å². The lowest BCUT2D eigenvalue weighted by molar-refractivity contribution is -0.116. The van der Waals surface area contributed by atoms with Crippen LogP contribution in [0.15, 0.2) is 103 Å². The molecular formula is C33H33N5O3. The highest BCUT2D eigenvalue weighted by atomic mass is 16.5. The SMILES string of the molecule is CCCCN(CC(=O)Nc1cc(-c2ccccc2)nn1-c1ccc(OC)cc1)C(=O)Nc1cccc2ccccc12. The smallest absolute Gasteiger partial charge is 0.322 e. The van der Waals surface area contributed by atoms with E-state index in [1.807, 2.05) is 103 Å². The van der Waals surface area contributed by atoms with Crippen LogP contribution >= 0.6 is 0 Å². The normalized spacial score (nSPS) is 10.8. The zero-order valence-electron chi connectivity index (χ0n) is 23.2. The second-order valence-corrected chi connectivity index (χ2v) is 9.67. The third-order valence-corrected chi connectivity index (χ3v) is 6.80. The van der Waals surface area contributed by atoms with Gasteiger partial charge in [-0.25, -0.2) is 9.48 Å². The second kappa shape index (κ2) is 12.8. The number of hydrogen-bond donors (Lipinski definition) is 2. The highest BCUT2D eigenvalue weighted by Crippen LogP contribution is 2.26. The van der Waals surface area contributed by atoms with E-state index >= 15 is 0 Å². The first-order valence-electron chi connectivity index (χ1n) is 13.7. The van der Waals surface area contributed by atoms with Gasteiger partial charge in [-0.15, -0.1) is 0 Å². The maximum atomic E-state index is 13.4. The molecule has 0 saturated carbocycles. The van der Waals surface area contributed by atoms with Gasteiger partial charge in [-0.05, 0) is 42.1 Å². The Kier molecular flexibility index (Phi) is 8.59. The largest absolute Gasteiger partial charge is 0.497 e. The van der Waals surface area contributed by atoms with Crippen LogP contribution in [0.25, 0.3) is 27.7 Å². The Balaban J connectivity index is 1.38. The van der Waals surface area contributed by atoms with Crippen LogP contribution in [-0.4, -0.2) is 46.8 Å². The number of amides is 3.